The first-order valence-corrected chi connectivity index (χ1v) is 12.8. The van der Waals surface area contributed by atoms with Gasteiger partial charge in [0.2, 0.25) is 5.91 Å². The summed E-state index contributed by atoms with van der Waals surface area (Å²) in [5.74, 6) is 1.26. The number of amides is 1. The number of hydrogen-bond acceptors (Lipinski definition) is 4. The zero-order chi connectivity index (χ0) is 23.9. The lowest BCUT2D eigenvalue weighted by Crippen LogP contribution is -2.46. The second-order valence-electron chi connectivity index (χ2n) is 10.9. The van der Waals surface area contributed by atoms with Crippen LogP contribution in [0.1, 0.15) is 86.5 Å². The quantitative estimate of drug-likeness (QED) is 0.288. The minimum absolute atomic E-state index is 0.162. The van der Waals surface area contributed by atoms with Gasteiger partial charge in [-0.2, -0.15) is 0 Å². The predicted octanol–water partition coefficient (Wildman–Crippen LogP) is 4.44. The molecule has 1 amide bonds. The lowest BCUT2D eigenvalue weighted by Gasteiger charge is -2.31. The van der Waals surface area contributed by atoms with Gasteiger partial charge in [-0.15, -0.1) is 0 Å². The molecular formula is C27H48N2O3. The van der Waals surface area contributed by atoms with E-state index in [2.05, 4.69) is 58.2 Å². The van der Waals surface area contributed by atoms with Crippen LogP contribution in [0.15, 0.2) is 23.8 Å². The summed E-state index contributed by atoms with van der Waals surface area (Å²) in [5.41, 5.74) is 0.794. The molecule has 5 heteroatoms. The lowest BCUT2D eigenvalue weighted by molar-refractivity contribution is -0.133. The third kappa shape index (κ3) is 7.71. The van der Waals surface area contributed by atoms with Crippen molar-refractivity contribution < 1.29 is 15.0 Å². The molecule has 0 bridgehead atoms. The number of hydrogen-bond donors (Lipinski definition) is 3. The maximum Gasteiger partial charge on any atom is 0.236 e. The Morgan fingerprint density at radius 1 is 1.31 bits per heavy atom. The summed E-state index contributed by atoms with van der Waals surface area (Å²) in [6, 6.07) is 0.431. The van der Waals surface area contributed by atoms with Gasteiger partial charge in [0.15, 0.2) is 0 Å². The Hall–Kier alpha value is -1.17. The van der Waals surface area contributed by atoms with Crippen LogP contribution in [0.25, 0.3) is 0 Å². The second kappa shape index (κ2) is 12.3. The third-order valence-electron chi connectivity index (χ3n) is 7.23. The van der Waals surface area contributed by atoms with Crippen LogP contribution >= 0.6 is 0 Å². The van der Waals surface area contributed by atoms with E-state index in [0.717, 1.165) is 45.1 Å². The molecule has 0 unspecified atom stereocenters. The first kappa shape index (κ1) is 27.1. The molecule has 0 aromatic carbocycles. The largest absolute Gasteiger partial charge is 0.392 e. The van der Waals surface area contributed by atoms with Crippen molar-refractivity contribution in [3.05, 3.63) is 23.8 Å². The van der Waals surface area contributed by atoms with Crippen molar-refractivity contribution in [2.24, 2.45) is 17.8 Å². The van der Waals surface area contributed by atoms with E-state index < -0.39 is 5.60 Å². The highest BCUT2D eigenvalue weighted by Crippen LogP contribution is 2.48. The van der Waals surface area contributed by atoms with Gasteiger partial charge in [-0.1, -0.05) is 43.6 Å². The number of unbranched alkanes of at least 4 members (excludes halogenated alkanes) is 1. The van der Waals surface area contributed by atoms with Crippen molar-refractivity contribution in [3.8, 4) is 0 Å². The zero-order valence-electron chi connectivity index (χ0n) is 21.3. The number of carbonyl (C=O) groups excluding carboxylic acids is 1. The van der Waals surface area contributed by atoms with Crippen molar-refractivity contribution in [1.29, 1.82) is 0 Å². The summed E-state index contributed by atoms with van der Waals surface area (Å²) in [5, 5.41) is 24.4. The Balaban J connectivity index is 1.78. The lowest BCUT2D eigenvalue weighted by atomic mass is 9.88. The normalized spacial score (nSPS) is 27.2. The number of nitrogens with one attached hydrogen (secondary N) is 1. The Bertz CT molecular complexity index is 645. The molecule has 3 N–H and O–H groups in total. The Labute approximate surface area is 196 Å². The van der Waals surface area contributed by atoms with Crippen molar-refractivity contribution >= 4 is 5.91 Å². The van der Waals surface area contributed by atoms with Crippen molar-refractivity contribution in [3.63, 3.8) is 0 Å². The summed E-state index contributed by atoms with van der Waals surface area (Å²) < 4.78 is 0. The molecular weight excluding hydrogens is 400 g/mol. The van der Waals surface area contributed by atoms with Crippen molar-refractivity contribution in [1.82, 2.24) is 10.2 Å². The van der Waals surface area contributed by atoms with E-state index in [-0.39, 0.29) is 30.0 Å². The molecule has 2 aliphatic carbocycles. The van der Waals surface area contributed by atoms with Gasteiger partial charge in [-0.25, -0.2) is 0 Å². The molecule has 32 heavy (non-hydrogen) atoms. The van der Waals surface area contributed by atoms with Gasteiger partial charge in [0.05, 0.1) is 18.2 Å². The average Bonchev–Trinajstić information content (AvgIpc) is 3.20. The fraction of sp³-hybridized carbons (Fsp3) is 0.815. The summed E-state index contributed by atoms with van der Waals surface area (Å²) in [4.78, 5) is 14.4. The van der Waals surface area contributed by atoms with E-state index in [1.807, 2.05) is 11.8 Å². The Kier molecular flexibility index (Phi) is 10.4. The molecule has 5 nitrogen and oxygen atoms in total. The number of nitrogens with zero attached hydrogens (tertiary/aromatic N) is 1. The van der Waals surface area contributed by atoms with Crippen LogP contribution in [-0.4, -0.2) is 57.9 Å². The first-order valence-electron chi connectivity index (χ1n) is 12.8. The van der Waals surface area contributed by atoms with Gasteiger partial charge in [-0.3, -0.25) is 4.79 Å². The molecule has 5 atom stereocenters. The van der Waals surface area contributed by atoms with Gasteiger partial charge in [0.25, 0.3) is 0 Å². The van der Waals surface area contributed by atoms with Crippen LogP contribution in [0.4, 0.5) is 0 Å². The van der Waals surface area contributed by atoms with Crippen molar-refractivity contribution in [2.45, 2.75) is 110 Å². The Morgan fingerprint density at radius 3 is 2.62 bits per heavy atom. The molecule has 0 spiro atoms. The first-order chi connectivity index (χ1) is 15.1. The predicted molar refractivity (Wildman–Crippen MR) is 132 cm³/mol. The van der Waals surface area contributed by atoms with Crippen LogP contribution in [0.2, 0.25) is 0 Å². The third-order valence-corrected chi connectivity index (χ3v) is 7.23. The van der Waals surface area contributed by atoms with Crippen molar-refractivity contribution in [2.75, 3.05) is 13.1 Å². The highest BCUT2D eigenvalue weighted by Gasteiger charge is 2.43. The van der Waals surface area contributed by atoms with E-state index in [1.54, 1.807) is 0 Å². The van der Waals surface area contributed by atoms with Crippen LogP contribution in [0, 0.1) is 17.8 Å². The number of allylic oxidation sites excluding steroid dienone is 1. The summed E-state index contributed by atoms with van der Waals surface area (Å²) >= 11 is 0. The number of rotatable bonds is 13. The SMILES string of the molecule is CCCC[C@](C)(O)CC=C[C@@H]1[C@H]2CC(CCNCC(=O)N(C(C)C)C(C)C)=C[C@H]2C[C@H]1O. The minimum Gasteiger partial charge on any atom is -0.392 e. The molecule has 1 saturated carbocycles. The van der Waals surface area contributed by atoms with Gasteiger partial charge >= 0.3 is 0 Å². The maximum absolute atomic E-state index is 12.5. The minimum atomic E-state index is -0.654. The number of aliphatic hydroxyl groups is 2. The smallest absolute Gasteiger partial charge is 0.236 e. The van der Waals surface area contributed by atoms with Gasteiger partial charge in [0.1, 0.15) is 0 Å². The van der Waals surface area contributed by atoms with Crippen LogP contribution in [0.3, 0.4) is 0 Å². The molecule has 0 aromatic heterocycles. The average molecular weight is 449 g/mol. The molecule has 0 saturated heterocycles. The molecule has 0 radical (unpaired) electrons. The summed E-state index contributed by atoms with van der Waals surface area (Å²) in [6.45, 7) is 13.5. The van der Waals surface area contributed by atoms with E-state index in [0.29, 0.717) is 24.8 Å². The molecule has 0 aliphatic heterocycles. The highest BCUT2D eigenvalue weighted by molar-refractivity contribution is 5.78. The van der Waals surface area contributed by atoms with E-state index in [9.17, 15) is 15.0 Å². The highest BCUT2D eigenvalue weighted by atomic mass is 16.3. The molecule has 0 aromatic rings. The molecule has 0 heterocycles. The Morgan fingerprint density at radius 2 is 2.00 bits per heavy atom. The van der Waals surface area contributed by atoms with E-state index in [1.165, 1.54) is 5.57 Å². The topological polar surface area (TPSA) is 72.8 Å². The number of aliphatic hydroxyl groups excluding tert-OH is 1. The van der Waals surface area contributed by atoms with Gasteiger partial charge < -0.3 is 20.4 Å². The molecule has 1 fully saturated rings. The van der Waals surface area contributed by atoms with Crippen LogP contribution < -0.4 is 5.32 Å². The summed E-state index contributed by atoms with van der Waals surface area (Å²) in [6.07, 6.45) is 12.8. The van der Waals surface area contributed by atoms with Gasteiger partial charge in [-0.05, 0) is 85.1 Å². The second-order valence-corrected chi connectivity index (χ2v) is 10.9. The standard InChI is InChI=1S/C27H48N2O3/c1-7-8-12-27(6,32)13-9-10-23-24-16-21(15-22(24)17-25(23)30)11-14-28-18-26(31)29(19(2)3)20(4)5/h9-10,15,19-20,22-25,28,30,32H,7-8,11-14,16-18H2,1-6H3/t22-,23+,24-,25+,27-/m0/s1. The summed E-state index contributed by atoms with van der Waals surface area (Å²) in [7, 11) is 0. The van der Waals surface area contributed by atoms with Gasteiger partial charge in [0, 0.05) is 18.0 Å². The van der Waals surface area contributed by atoms with E-state index >= 15 is 0 Å². The van der Waals surface area contributed by atoms with Crippen LogP contribution in [-0.2, 0) is 4.79 Å². The fourth-order valence-corrected chi connectivity index (χ4v) is 5.64. The number of fused-ring (bicyclic) bond motifs is 1. The number of carbonyl (C=O) groups is 1. The van der Waals surface area contributed by atoms with Crippen LogP contribution in [0.5, 0.6) is 0 Å². The van der Waals surface area contributed by atoms with E-state index in [4.69, 9.17) is 0 Å². The fourth-order valence-electron chi connectivity index (χ4n) is 5.64. The maximum atomic E-state index is 12.5. The molecule has 184 valence electrons. The molecule has 2 rings (SSSR count). The zero-order valence-corrected chi connectivity index (χ0v) is 21.3. The molecule has 2 aliphatic rings. The monoisotopic (exact) mass is 448 g/mol.